The highest BCUT2D eigenvalue weighted by Crippen LogP contribution is 2.54. The van der Waals surface area contributed by atoms with E-state index >= 15 is 0 Å². The lowest BCUT2D eigenvalue weighted by molar-refractivity contribution is -0.229. The Morgan fingerprint density at radius 3 is 2.05 bits per heavy atom. The lowest BCUT2D eigenvalue weighted by Crippen LogP contribution is -2.54. The molecular formula is C14H12F3NO2. The average Bonchev–Trinajstić information content (AvgIpc) is 2.85. The van der Waals surface area contributed by atoms with Gasteiger partial charge in [0.1, 0.15) is 0 Å². The van der Waals surface area contributed by atoms with Gasteiger partial charge in [-0.3, -0.25) is 0 Å². The molecule has 2 fully saturated rings. The first-order chi connectivity index (χ1) is 9.39. The zero-order chi connectivity index (χ0) is 14.4. The summed E-state index contributed by atoms with van der Waals surface area (Å²) in [5, 5.41) is 9.38. The first-order valence-corrected chi connectivity index (χ1v) is 6.26. The summed E-state index contributed by atoms with van der Waals surface area (Å²) in [5.41, 5.74) is -0.941. The second-order valence-electron chi connectivity index (χ2n) is 5.23. The fourth-order valence-corrected chi connectivity index (χ4v) is 2.89. The molecule has 1 spiro atoms. The molecule has 106 valence electrons. The van der Waals surface area contributed by atoms with Crippen LogP contribution in [0.3, 0.4) is 0 Å². The van der Waals surface area contributed by atoms with Gasteiger partial charge in [-0.05, 0) is 17.7 Å². The van der Waals surface area contributed by atoms with Crippen LogP contribution in [-0.4, -0.2) is 19.0 Å². The van der Waals surface area contributed by atoms with Crippen LogP contribution in [0.15, 0.2) is 24.3 Å². The van der Waals surface area contributed by atoms with E-state index in [0.29, 0.717) is 31.6 Å². The van der Waals surface area contributed by atoms with Crippen molar-refractivity contribution < 1.29 is 22.6 Å². The fraction of sp³-hybridized carbons (Fsp3) is 0.500. The van der Waals surface area contributed by atoms with Crippen LogP contribution in [0.2, 0.25) is 0 Å². The minimum Gasteiger partial charge on any atom is -0.347 e. The van der Waals surface area contributed by atoms with Crippen LogP contribution in [0.5, 0.6) is 0 Å². The monoisotopic (exact) mass is 283 g/mol. The summed E-state index contributed by atoms with van der Waals surface area (Å²) in [4.78, 5) is 0. The van der Waals surface area contributed by atoms with Crippen LogP contribution in [0.25, 0.3) is 0 Å². The molecule has 1 aliphatic carbocycles. The molecule has 1 saturated carbocycles. The summed E-state index contributed by atoms with van der Waals surface area (Å²) in [7, 11) is 0. The van der Waals surface area contributed by atoms with Gasteiger partial charge in [0.05, 0.1) is 30.3 Å². The van der Waals surface area contributed by atoms with Gasteiger partial charge in [0.15, 0.2) is 5.79 Å². The number of alkyl halides is 3. The van der Waals surface area contributed by atoms with Crippen molar-refractivity contribution in [3.05, 3.63) is 35.4 Å². The summed E-state index contributed by atoms with van der Waals surface area (Å²) in [6, 6.07) is 6.96. The van der Waals surface area contributed by atoms with Crippen molar-refractivity contribution in [1.29, 1.82) is 5.26 Å². The Bertz CT molecular complexity index is 545. The van der Waals surface area contributed by atoms with Crippen LogP contribution >= 0.6 is 0 Å². The van der Waals surface area contributed by atoms with Gasteiger partial charge in [-0.25, -0.2) is 0 Å². The smallest absolute Gasteiger partial charge is 0.347 e. The Kier molecular flexibility index (Phi) is 2.82. The minimum absolute atomic E-state index is 0.363. The number of nitrogens with zero attached hydrogens (tertiary/aromatic N) is 1. The molecule has 1 heterocycles. The Morgan fingerprint density at radius 2 is 1.60 bits per heavy atom. The molecular weight excluding hydrogens is 271 g/mol. The average molecular weight is 283 g/mol. The van der Waals surface area contributed by atoms with Crippen LogP contribution < -0.4 is 0 Å². The van der Waals surface area contributed by atoms with E-state index in [1.807, 2.05) is 0 Å². The number of ether oxygens (including phenoxy) is 2. The van der Waals surface area contributed by atoms with Crippen LogP contribution in [-0.2, 0) is 21.1 Å². The van der Waals surface area contributed by atoms with Crippen molar-refractivity contribution in [2.45, 2.75) is 30.2 Å². The fourth-order valence-electron chi connectivity index (χ4n) is 2.89. The van der Waals surface area contributed by atoms with E-state index in [1.165, 1.54) is 12.1 Å². The quantitative estimate of drug-likeness (QED) is 0.795. The molecule has 0 amide bonds. The van der Waals surface area contributed by atoms with E-state index in [9.17, 15) is 18.4 Å². The Balaban J connectivity index is 1.83. The van der Waals surface area contributed by atoms with E-state index in [2.05, 4.69) is 6.07 Å². The molecule has 1 aromatic rings. The number of nitriles is 1. The summed E-state index contributed by atoms with van der Waals surface area (Å²) in [6.45, 7) is 0.989. The van der Waals surface area contributed by atoms with Gasteiger partial charge in [-0.15, -0.1) is 0 Å². The van der Waals surface area contributed by atoms with Gasteiger partial charge < -0.3 is 9.47 Å². The molecule has 0 bridgehead atoms. The van der Waals surface area contributed by atoms with Crippen molar-refractivity contribution in [1.82, 2.24) is 0 Å². The van der Waals surface area contributed by atoms with Gasteiger partial charge in [0, 0.05) is 12.8 Å². The molecule has 0 N–H and O–H groups in total. The van der Waals surface area contributed by atoms with E-state index in [-0.39, 0.29) is 0 Å². The third-order valence-electron chi connectivity index (χ3n) is 3.93. The standard InChI is InChI=1S/C14H12F3NO2/c15-14(16,17)11-3-1-10(2-4-11)12(9-18)7-13(8-12)19-5-6-20-13/h1-4H,5-8H2. The van der Waals surface area contributed by atoms with E-state index in [1.54, 1.807) is 0 Å². The predicted octanol–water partition coefficient (Wildman–Crippen LogP) is 3.00. The second kappa shape index (κ2) is 4.21. The van der Waals surface area contributed by atoms with Crippen LogP contribution in [0, 0.1) is 11.3 Å². The summed E-state index contributed by atoms with van der Waals surface area (Å²) in [5.74, 6) is -0.710. The summed E-state index contributed by atoms with van der Waals surface area (Å²) < 4.78 is 48.5. The van der Waals surface area contributed by atoms with Gasteiger partial charge in [0.25, 0.3) is 0 Å². The topological polar surface area (TPSA) is 42.2 Å². The maximum atomic E-state index is 12.5. The maximum Gasteiger partial charge on any atom is 0.416 e. The molecule has 1 aliphatic heterocycles. The highest BCUT2D eigenvalue weighted by Gasteiger charge is 2.60. The molecule has 20 heavy (non-hydrogen) atoms. The Labute approximate surface area is 113 Å². The summed E-state index contributed by atoms with van der Waals surface area (Å²) >= 11 is 0. The highest BCUT2D eigenvalue weighted by atomic mass is 19.4. The van der Waals surface area contributed by atoms with Gasteiger partial charge in [-0.1, -0.05) is 12.1 Å². The first kappa shape index (κ1) is 13.4. The number of hydrogen-bond acceptors (Lipinski definition) is 3. The third-order valence-corrected chi connectivity index (χ3v) is 3.93. The van der Waals surface area contributed by atoms with Crippen LogP contribution in [0.4, 0.5) is 13.2 Å². The molecule has 6 heteroatoms. The SMILES string of the molecule is N#CC1(c2ccc(C(F)(F)F)cc2)CC2(C1)OCCO2. The van der Waals surface area contributed by atoms with Crippen molar-refractivity contribution in [3.8, 4) is 6.07 Å². The first-order valence-electron chi connectivity index (χ1n) is 6.26. The van der Waals surface area contributed by atoms with Gasteiger partial charge in [-0.2, -0.15) is 18.4 Å². The molecule has 0 atom stereocenters. The van der Waals surface area contributed by atoms with Gasteiger partial charge >= 0.3 is 6.18 Å². The van der Waals surface area contributed by atoms with Crippen molar-refractivity contribution >= 4 is 0 Å². The number of benzene rings is 1. The lowest BCUT2D eigenvalue weighted by Gasteiger charge is -2.48. The van der Waals surface area contributed by atoms with E-state index in [0.717, 1.165) is 12.1 Å². The normalized spacial score (nSPS) is 23.3. The predicted molar refractivity (Wildman–Crippen MR) is 62.6 cm³/mol. The molecule has 2 aliphatic rings. The molecule has 0 radical (unpaired) electrons. The molecule has 1 saturated heterocycles. The van der Waals surface area contributed by atoms with Crippen molar-refractivity contribution in [2.75, 3.05) is 13.2 Å². The highest BCUT2D eigenvalue weighted by molar-refractivity contribution is 5.39. The molecule has 3 rings (SSSR count). The lowest BCUT2D eigenvalue weighted by atomic mass is 9.61. The Morgan fingerprint density at radius 1 is 1.05 bits per heavy atom. The number of halogens is 3. The van der Waals surface area contributed by atoms with E-state index < -0.39 is 22.9 Å². The molecule has 1 aromatic carbocycles. The van der Waals surface area contributed by atoms with Gasteiger partial charge in [0.2, 0.25) is 0 Å². The van der Waals surface area contributed by atoms with Crippen LogP contribution in [0.1, 0.15) is 24.0 Å². The van der Waals surface area contributed by atoms with Crippen molar-refractivity contribution in [2.24, 2.45) is 0 Å². The largest absolute Gasteiger partial charge is 0.416 e. The summed E-state index contributed by atoms with van der Waals surface area (Å²) in [6.07, 6.45) is -3.64. The number of rotatable bonds is 1. The molecule has 0 unspecified atom stereocenters. The maximum absolute atomic E-state index is 12.5. The van der Waals surface area contributed by atoms with E-state index in [4.69, 9.17) is 9.47 Å². The van der Waals surface area contributed by atoms with Crippen molar-refractivity contribution in [3.63, 3.8) is 0 Å². The second-order valence-corrected chi connectivity index (χ2v) is 5.23. The molecule has 0 aromatic heterocycles. The Hall–Kier alpha value is -1.58. The number of hydrogen-bond donors (Lipinski definition) is 0. The zero-order valence-electron chi connectivity index (χ0n) is 10.5. The molecule has 3 nitrogen and oxygen atoms in total. The minimum atomic E-state index is -4.36. The third kappa shape index (κ3) is 1.98. The zero-order valence-corrected chi connectivity index (χ0v) is 10.5.